The number of hydrogen-bond donors (Lipinski definition) is 1. The number of fused-ring (bicyclic) bond motifs is 1. The molecule has 0 radical (unpaired) electrons. The average Bonchev–Trinajstić information content (AvgIpc) is 3.45. The van der Waals surface area contributed by atoms with E-state index >= 15 is 0 Å². The third-order valence-corrected chi connectivity index (χ3v) is 6.84. The third-order valence-electron chi connectivity index (χ3n) is 6.84. The van der Waals surface area contributed by atoms with Gasteiger partial charge in [-0.05, 0) is 22.8 Å². The Morgan fingerprint density at radius 2 is 1.19 bits per heavy atom. The van der Waals surface area contributed by atoms with Crippen LogP contribution in [0.2, 0.25) is 0 Å². The summed E-state index contributed by atoms with van der Waals surface area (Å²) in [5.74, 6) is 0. The highest BCUT2D eigenvalue weighted by atomic mass is 16.3. The number of aromatic nitrogens is 3. The minimum atomic E-state index is -0.929. The van der Waals surface area contributed by atoms with Crippen molar-refractivity contribution in [2.24, 2.45) is 0 Å². The highest BCUT2D eigenvalue weighted by Crippen LogP contribution is 2.43. The Kier molecular flexibility index (Phi) is 5.64. The van der Waals surface area contributed by atoms with E-state index in [1.54, 1.807) is 12.4 Å². The zero-order chi connectivity index (χ0) is 24.4. The quantitative estimate of drug-likeness (QED) is 0.290. The molecule has 0 bridgehead atoms. The van der Waals surface area contributed by atoms with Crippen molar-refractivity contribution in [3.63, 3.8) is 0 Å². The molecule has 6 aromatic rings. The lowest BCUT2D eigenvalue weighted by Gasteiger charge is -2.39. The molecule has 0 spiro atoms. The summed E-state index contributed by atoms with van der Waals surface area (Å²) in [5.41, 5.74) is 4.68. The number of imidazole rings is 1. The van der Waals surface area contributed by atoms with Gasteiger partial charge in [0.1, 0.15) is 11.6 Å². The normalized spacial score (nSPS) is 12.5. The van der Waals surface area contributed by atoms with Gasteiger partial charge < -0.3 is 9.67 Å². The number of pyridine rings is 1. The smallest absolute Gasteiger partial charge is 0.123 e. The van der Waals surface area contributed by atoms with Crippen LogP contribution in [0.1, 0.15) is 34.1 Å². The Bertz CT molecular complexity index is 1490. The maximum Gasteiger partial charge on any atom is 0.123 e. The fourth-order valence-corrected chi connectivity index (χ4v) is 5.25. The van der Waals surface area contributed by atoms with E-state index in [0.717, 1.165) is 33.2 Å². The Hall–Kier alpha value is -4.54. The van der Waals surface area contributed by atoms with Crippen molar-refractivity contribution >= 4 is 10.9 Å². The zero-order valence-corrected chi connectivity index (χ0v) is 19.6. The summed E-state index contributed by atoms with van der Waals surface area (Å²) in [6.45, 7) is 0. The minimum Gasteiger partial charge on any atom is -0.382 e. The molecule has 174 valence electrons. The van der Waals surface area contributed by atoms with Crippen LogP contribution in [0.5, 0.6) is 0 Å². The van der Waals surface area contributed by atoms with Gasteiger partial charge in [0.2, 0.25) is 0 Å². The second-order valence-electron chi connectivity index (χ2n) is 8.82. The molecule has 2 heterocycles. The number of benzene rings is 4. The Morgan fingerprint density at radius 1 is 0.639 bits per heavy atom. The van der Waals surface area contributed by atoms with Gasteiger partial charge in [0.05, 0.1) is 23.7 Å². The maximum absolute atomic E-state index is 11.9. The zero-order valence-electron chi connectivity index (χ0n) is 19.6. The van der Waals surface area contributed by atoms with Crippen molar-refractivity contribution in [1.29, 1.82) is 0 Å². The molecule has 4 heteroatoms. The number of aliphatic hydroxyl groups is 1. The first-order valence-electron chi connectivity index (χ1n) is 12.0. The summed E-state index contributed by atoms with van der Waals surface area (Å²) in [6, 6.07) is 41.0. The van der Waals surface area contributed by atoms with Gasteiger partial charge in [-0.3, -0.25) is 4.98 Å². The molecule has 0 saturated heterocycles. The van der Waals surface area contributed by atoms with Crippen molar-refractivity contribution in [2.75, 3.05) is 0 Å². The molecule has 6 rings (SSSR count). The van der Waals surface area contributed by atoms with E-state index in [9.17, 15) is 5.11 Å². The first-order chi connectivity index (χ1) is 17.8. The van der Waals surface area contributed by atoms with Crippen LogP contribution in [-0.2, 0) is 5.54 Å². The first-order valence-corrected chi connectivity index (χ1v) is 12.0. The van der Waals surface area contributed by atoms with Crippen LogP contribution < -0.4 is 0 Å². The van der Waals surface area contributed by atoms with E-state index in [0.29, 0.717) is 5.69 Å². The van der Waals surface area contributed by atoms with Crippen LogP contribution in [0.3, 0.4) is 0 Å². The lowest BCUT2D eigenvalue weighted by atomic mass is 9.76. The summed E-state index contributed by atoms with van der Waals surface area (Å²) in [4.78, 5) is 9.16. The molecule has 1 unspecified atom stereocenters. The Morgan fingerprint density at radius 3 is 1.78 bits per heavy atom. The second-order valence-corrected chi connectivity index (χ2v) is 8.82. The van der Waals surface area contributed by atoms with Crippen LogP contribution in [0.4, 0.5) is 0 Å². The van der Waals surface area contributed by atoms with Gasteiger partial charge in [-0.2, -0.15) is 0 Å². The average molecular weight is 468 g/mol. The molecule has 0 fully saturated rings. The summed E-state index contributed by atoms with van der Waals surface area (Å²) in [6.07, 6.45) is 4.42. The minimum absolute atomic E-state index is 0.685. The van der Waals surface area contributed by atoms with E-state index in [2.05, 4.69) is 87.3 Å². The van der Waals surface area contributed by atoms with E-state index in [1.165, 1.54) is 0 Å². The topological polar surface area (TPSA) is 50.9 Å². The van der Waals surface area contributed by atoms with E-state index in [1.807, 2.05) is 54.9 Å². The van der Waals surface area contributed by atoms with Crippen molar-refractivity contribution in [3.8, 4) is 0 Å². The summed E-state index contributed by atoms with van der Waals surface area (Å²) >= 11 is 0. The van der Waals surface area contributed by atoms with E-state index in [4.69, 9.17) is 0 Å². The fraction of sp³-hybridized carbons (Fsp3) is 0.0625. The van der Waals surface area contributed by atoms with Crippen LogP contribution >= 0.6 is 0 Å². The Labute approximate surface area is 210 Å². The molecule has 0 aliphatic heterocycles. The van der Waals surface area contributed by atoms with Gasteiger partial charge in [-0.15, -0.1) is 0 Å². The molecule has 4 nitrogen and oxygen atoms in total. The van der Waals surface area contributed by atoms with Crippen molar-refractivity contribution in [2.45, 2.75) is 11.6 Å². The van der Waals surface area contributed by atoms with Gasteiger partial charge >= 0.3 is 0 Å². The summed E-state index contributed by atoms with van der Waals surface area (Å²) in [7, 11) is 0. The molecular weight excluding hydrogens is 442 g/mol. The van der Waals surface area contributed by atoms with Gasteiger partial charge in [0, 0.05) is 17.1 Å². The van der Waals surface area contributed by atoms with Gasteiger partial charge in [-0.25, -0.2) is 4.98 Å². The number of rotatable bonds is 6. The van der Waals surface area contributed by atoms with Crippen molar-refractivity contribution in [3.05, 3.63) is 168 Å². The molecule has 1 atom stereocenters. The summed E-state index contributed by atoms with van der Waals surface area (Å²) in [5, 5.41) is 12.8. The molecule has 4 aromatic carbocycles. The lowest BCUT2D eigenvalue weighted by Crippen LogP contribution is -2.39. The molecule has 0 aliphatic rings. The monoisotopic (exact) mass is 467 g/mol. The molecule has 0 aliphatic carbocycles. The van der Waals surface area contributed by atoms with Gasteiger partial charge in [-0.1, -0.05) is 115 Å². The number of para-hydroxylation sites is 1. The maximum atomic E-state index is 11.9. The fourth-order valence-electron chi connectivity index (χ4n) is 5.25. The molecule has 1 N–H and O–H groups in total. The predicted octanol–water partition coefficient (Wildman–Crippen LogP) is 6.35. The lowest BCUT2D eigenvalue weighted by molar-refractivity contribution is 0.207. The van der Waals surface area contributed by atoms with Crippen LogP contribution in [0, 0.1) is 0 Å². The van der Waals surface area contributed by atoms with Crippen molar-refractivity contribution < 1.29 is 5.11 Å². The van der Waals surface area contributed by atoms with E-state index in [-0.39, 0.29) is 0 Å². The predicted molar refractivity (Wildman–Crippen MR) is 143 cm³/mol. The third kappa shape index (κ3) is 3.51. The first kappa shape index (κ1) is 22.0. The van der Waals surface area contributed by atoms with Crippen LogP contribution in [-0.4, -0.2) is 19.6 Å². The highest BCUT2D eigenvalue weighted by Gasteiger charge is 2.40. The largest absolute Gasteiger partial charge is 0.382 e. The van der Waals surface area contributed by atoms with Crippen molar-refractivity contribution in [1.82, 2.24) is 14.5 Å². The molecule has 0 saturated carbocycles. The number of hydrogen-bond acceptors (Lipinski definition) is 3. The highest BCUT2D eigenvalue weighted by molar-refractivity contribution is 5.82. The molecular formula is C32H25N3O. The molecule has 0 amide bonds. The summed E-state index contributed by atoms with van der Waals surface area (Å²) < 4.78 is 2.11. The number of aliphatic hydroxyl groups excluding tert-OH is 1. The molecule has 36 heavy (non-hydrogen) atoms. The van der Waals surface area contributed by atoms with Gasteiger partial charge in [0.25, 0.3) is 0 Å². The second kappa shape index (κ2) is 9.25. The van der Waals surface area contributed by atoms with E-state index < -0.39 is 11.6 Å². The van der Waals surface area contributed by atoms with Gasteiger partial charge in [0.15, 0.2) is 0 Å². The standard InChI is InChI=1S/C32H25N3O/c36-31(28-20-10-12-24-13-11-21-34-30(24)28)29-22-33-23-35(29)32(25-14-4-1-5-15-25,26-16-6-2-7-17-26)27-18-8-3-9-19-27/h1-23,31,36H. The van der Waals surface area contributed by atoms with Crippen LogP contribution in [0.15, 0.2) is 140 Å². The molecule has 2 aromatic heterocycles. The van der Waals surface area contributed by atoms with Crippen LogP contribution in [0.25, 0.3) is 10.9 Å². The SMILES string of the molecule is OC(c1cccc2cccnc12)c1cncn1C(c1ccccc1)(c1ccccc1)c1ccccc1. The Balaban J connectivity index is 1.66. The number of nitrogens with zero attached hydrogens (tertiary/aromatic N) is 3.